The highest BCUT2D eigenvalue weighted by Gasteiger charge is 2.04. The molecule has 1 heterocycles. The molecular formula is C12H10BrN3O3S. The van der Waals surface area contributed by atoms with E-state index in [2.05, 4.69) is 31.4 Å². The fourth-order valence-electron chi connectivity index (χ4n) is 1.26. The van der Waals surface area contributed by atoms with Crippen molar-refractivity contribution < 1.29 is 14.7 Å². The first-order chi connectivity index (χ1) is 9.65. The van der Waals surface area contributed by atoms with Crippen molar-refractivity contribution in [2.24, 2.45) is 5.16 Å². The average molecular weight is 356 g/mol. The van der Waals surface area contributed by atoms with E-state index in [1.54, 1.807) is 23.7 Å². The number of benzene rings is 1. The molecular weight excluding hydrogens is 346 g/mol. The number of aromatic hydroxyl groups is 1. The molecule has 2 rings (SSSR count). The summed E-state index contributed by atoms with van der Waals surface area (Å²) in [5.74, 6) is -0.275. The second-order valence-electron chi connectivity index (χ2n) is 3.60. The van der Waals surface area contributed by atoms with Crippen molar-refractivity contribution in [3.63, 3.8) is 0 Å². The lowest BCUT2D eigenvalue weighted by Gasteiger charge is -2.01. The lowest BCUT2D eigenvalue weighted by molar-refractivity contribution is -0.120. The van der Waals surface area contributed by atoms with E-state index in [-0.39, 0.29) is 18.3 Å². The highest BCUT2D eigenvalue weighted by Crippen LogP contribution is 2.20. The zero-order valence-corrected chi connectivity index (χ0v) is 12.5. The van der Waals surface area contributed by atoms with Crippen LogP contribution in [-0.2, 0) is 9.63 Å². The van der Waals surface area contributed by atoms with Crippen molar-refractivity contribution in [2.45, 2.75) is 0 Å². The number of hydrogen-bond acceptors (Lipinski definition) is 6. The summed E-state index contributed by atoms with van der Waals surface area (Å²) in [6.07, 6.45) is 2.92. The van der Waals surface area contributed by atoms with Gasteiger partial charge in [-0.2, -0.15) is 0 Å². The predicted octanol–water partition coefficient (Wildman–Crippen LogP) is 2.60. The maximum atomic E-state index is 11.4. The van der Waals surface area contributed by atoms with Crippen LogP contribution >= 0.6 is 27.3 Å². The fraction of sp³-hybridized carbons (Fsp3) is 0.0833. The van der Waals surface area contributed by atoms with Crippen molar-refractivity contribution in [2.75, 3.05) is 11.9 Å². The molecule has 20 heavy (non-hydrogen) atoms. The van der Waals surface area contributed by atoms with E-state index in [0.29, 0.717) is 10.7 Å². The molecule has 0 saturated heterocycles. The maximum Gasteiger partial charge on any atom is 0.266 e. The number of amides is 1. The van der Waals surface area contributed by atoms with Crippen LogP contribution in [0.25, 0.3) is 0 Å². The lowest BCUT2D eigenvalue weighted by atomic mass is 10.2. The van der Waals surface area contributed by atoms with Crippen molar-refractivity contribution in [3.8, 4) is 5.75 Å². The van der Waals surface area contributed by atoms with Gasteiger partial charge in [-0.15, -0.1) is 11.3 Å². The van der Waals surface area contributed by atoms with Crippen LogP contribution in [0, 0.1) is 0 Å². The Labute approximate surface area is 127 Å². The number of phenolic OH excluding ortho intramolecular Hbond substituents is 1. The number of hydrogen-bond donors (Lipinski definition) is 2. The standard InChI is InChI=1S/C12H10BrN3O3S/c13-9-1-2-10(17)8(5-9)6-15-19-7-11(18)16-12-14-3-4-20-12/h1-6,17H,7H2,(H,14,16,18)/b15-6+. The molecule has 8 heteroatoms. The van der Waals surface area contributed by atoms with Crippen molar-refractivity contribution in [1.82, 2.24) is 4.98 Å². The molecule has 1 amide bonds. The van der Waals surface area contributed by atoms with E-state index in [1.807, 2.05) is 0 Å². The number of oxime groups is 1. The molecule has 0 aliphatic rings. The number of rotatable bonds is 5. The highest BCUT2D eigenvalue weighted by atomic mass is 79.9. The number of carbonyl (C=O) groups excluding carboxylic acids is 1. The number of phenols is 1. The summed E-state index contributed by atoms with van der Waals surface area (Å²) in [5, 5.41) is 18.0. The molecule has 0 aliphatic carbocycles. The molecule has 2 N–H and O–H groups in total. The van der Waals surface area contributed by atoms with Crippen LogP contribution in [0.4, 0.5) is 5.13 Å². The first-order valence-electron chi connectivity index (χ1n) is 5.48. The number of thiazole rings is 1. The molecule has 2 aromatic rings. The van der Waals surface area contributed by atoms with Gasteiger partial charge < -0.3 is 9.94 Å². The Bertz CT molecular complexity index is 616. The van der Waals surface area contributed by atoms with Crippen LogP contribution in [0.2, 0.25) is 0 Å². The third kappa shape index (κ3) is 4.32. The third-order valence-electron chi connectivity index (χ3n) is 2.13. The summed E-state index contributed by atoms with van der Waals surface area (Å²) in [6.45, 7) is -0.231. The van der Waals surface area contributed by atoms with E-state index in [4.69, 9.17) is 4.84 Å². The van der Waals surface area contributed by atoms with Crippen molar-refractivity contribution in [3.05, 3.63) is 39.8 Å². The van der Waals surface area contributed by atoms with Crippen LogP contribution < -0.4 is 5.32 Å². The Morgan fingerprint density at radius 3 is 3.20 bits per heavy atom. The minimum atomic E-state index is -0.351. The molecule has 104 valence electrons. The van der Waals surface area contributed by atoms with Gasteiger partial charge in [-0.1, -0.05) is 21.1 Å². The predicted molar refractivity (Wildman–Crippen MR) is 80.1 cm³/mol. The van der Waals surface area contributed by atoms with Gasteiger partial charge in [0.15, 0.2) is 11.7 Å². The number of nitrogens with zero attached hydrogens (tertiary/aromatic N) is 2. The van der Waals surface area contributed by atoms with Crippen molar-refractivity contribution >= 4 is 44.5 Å². The van der Waals surface area contributed by atoms with Crippen LogP contribution in [0.3, 0.4) is 0 Å². The van der Waals surface area contributed by atoms with E-state index in [9.17, 15) is 9.90 Å². The van der Waals surface area contributed by atoms with Gasteiger partial charge in [0.2, 0.25) is 0 Å². The Hall–Kier alpha value is -1.93. The zero-order chi connectivity index (χ0) is 14.4. The normalized spacial score (nSPS) is 10.7. The Morgan fingerprint density at radius 1 is 1.60 bits per heavy atom. The van der Waals surface area contributed by atoms with Gasteiger partial charge in [0.05, 0.1) is 6.21 Å². The molecule has 0 bridgehead atoms. The Kier molecular flexibility index (Phi) is 5.08. The number of aromatic nitrogens is 1. The Balaban J connectivity index is 1.81. The highest BCUT2D eigenvalue weighted by molar-refractivity contribution is 9.10. The van der Waals surface area contributed by atoms with Gasteiger partial charge in [-0.3, -0.25) is 10.1 Å². The monoisotopic (exact) mass is 355 g/mol. The molecule has 0 saturated carbocycles. The van der Waals surface area contributed by atoms with E-state index < -0.39 is 0 Å². The Morgan fingerprint density at radius 2 is 2.45 bits per heavy atom. The van der Waals surface area contributed by atoms with Crippen LogP contribution in [0.15, 0.2) is 39.4 Å². The van der Waals surface area contributed by atoms with Crippen LogP contribution in [0.1, 0.15) is 5.56 Å². The fourth-order valence-corrected chi connectivity index (χ4v) is 2.18. The van der Waals surface area contributed by atoms with Crippen LogP contribution in [-0.4, -0.2) is 28.8 Å². The molecule has 0 aliphatic heterocycles. The number of anilines is 1. The SMILES string of the molecule is O=C(CO/N=C/c1cc(Br)ccc1O)Nc1nccs1. The summed E-state index contributed by atoms with van der Waals surface area (Å²) < 4.78 is 0.804. The second-order valence-corrected chi connectivity index (χ2v) is 5.41. The number of halogens is 1. The summed E-state index contributed by atoms with van der Waals surface area (Å²) in [4.78, 5) is 20.2. The molecule has 1 aromatic heterocycles. The van der Waals surface area contributed by atoms with E-state index in [1.165, 1.54) is 23.6 Å². The minimum absolute atomic E-state index is 0.0767. The smallest absolute Gasteiger partial charge is 0.266 e. The second kappa shape index (κ2) is 7.01. The maximum absolute atomic E-state index is 11.4. The molecule has 0 unspecified atom stereocenters. The van der Waals surface area contributed by atoms with Gasteiger partial charge in [0.1, 0.15) is 5.75 Å². The van der Waals surface area contributed by atoms with Crippen LogP contribution in [0.5, 0.6) is 5.75 Å². The zero-order valence-electron chi connectivity index (χ0n) is 10.1. The molecule has 0 fully saturated rings. The summed E-state index contributed by atoms with van der Waals surface area (Å²) in [5.41, 5.74) is 0.486. The summed E-state index contributed by atoms with van der Waals surface area (Å²) in [6, 6.07) is 4.91. The topological polar surface area (TPSA) is 83.8 Å². The van der Waals surface area contributed by atoms with Gasteiger partial charge in [0.25, 0.3) is 5.91 Å². The van der Waals surface area contributed by atoms with Crippen molar-refractivity contribution in [1.29, 1.82) is 0 Å². The van der Waals surface area contributed by atoms with E-state index >= 15 is 0 Å². The molecule has 6 nitrogen and oxygen atoms in total. The largest absolute Gasteiger partial charge is 0.507 e. The number of nitrogens with one attached hydrogen (secondary N) is 1. The molecule has 0 spiro atoms. The first-order valence-corrected chi connectivity index (χ1v) is 7.15. The molecule has 1 aromatic carbocycles. The minimum Gasteiger partial charge on any atom is -0.507 e. The first kappa shape index (κ1) is 14.5. The molecule has 0 radical (unpaired) electrons. The summed E-state index contributed by atoms with van der Waals surface area (Å²) in [7, 11) is 0. The quantitative estimate of drug-likeness (QED) is 0.637. The third-order valence-corrected chi connectivity index (χ3v) is 3.31. The van der Waals surface area contributed by atoms with Gasteiger partial charge in [-0.05, 0) is 18.2 Å². The molecule has 0 atom stereocenters. The van der Waals surface area contributed by atoms with Gasteiger partial charge in [-0.25, -0.2) is 4.98 Å². The van der Waals surface area contributed by atoms with E-state index in [0.717, 1.165) is 4.47 Å². The van der Waals surface area contributed by atoms with Gasteiger partial charge in [0, 0.05) is 21.6 Å². The average Bonchev–Trinajstić information content (AvgIpc) is 2.91. The number of carbonyl (C=O) groups is 1. The lowest BCUT2D eigenvalue weighted by Crippen LogP contribution is -2.16. The van der Waals surface area contributed by atoms with Gasteiger partial charge >= 0.3 is 0 Å². The summed E-state index contributed by atoms with van der Waals surface area (Å²) >= 11 is 4.59.